The fourth-order valence-electron chi connectivity index (χ4n) is 2.03. The van der Waals surface area contributed by atoms with Gasteiger partial charge in [-0.15, -0.1) is 11.3 Å². The Kier molecular flexibility index (Phi) is 4.11. The van der Waals surface area contributed by atoms with Crippen molar-refractivity contribution in [1.29, 1.82) is 0 Å². The van der Waals surface area contributed by atoms with Crippen molar-refractivity contribution in [1.82, 2.24) is 10.4 Å². The van der Waals surface area contributed by atoms with Crippen LogP contribution in [0.25, 0.3) is 0 Å². The number of nitrogens with zero attached hydrogens (tertiary/aromatic N) is 1. The van der Waals surface area contributed by atoms with Crippen LogP contribution in [-0.4, -0.2) is 4.98 Å². The van der Waals surface area contributed by atoms with Crippen molar-refractivity contribution in [2.45, 2.75) is 33.2 Å². The lowest BCUT2D eigenvalue weighted by Crippen LogP contribution is -2.30. The molecule has 1 heterocycles. The summed E-state index contributed by atoms with van der Waals surface area (Å²) >= 11 is 1.66. The van der Waals surface area contributed by atoms with E-state index in [2.05, 4.69) is 47.8 Å². The Hall–Kier alpha value is -1.23. The number of rotatable bonds is 4. The van der Waals surface area contributed by atoms with Crippen molar-refractivity contribution < 1.29 is 0 Å². The Morgan fingerprint density at radius 3 is 2.72 bits per heavy atom. The Morgan fingerprint density at radius 1 is 1.33 bits per heavy atom. The largest absolute Gasteiger partial charge is 0.271 e. The third kappa shape index (κ3) is 2.96. The number of hydrazine groups is 1. The zero-order chi connectivity index (χ0) is 13.1. The second-order valence-electron chi connectivity index (χ2n) is 4.64. The van der Waals surface area contributed by atoms with Crippen LogP contribution in [0.5, 0.6) is 0 Å². The highest BCUT2D eigenvalue weighted by atomic mass is 32.1. The highest BCUT2D eigenvalue weighted by Gasteiger charge is 2.14. The summed E-state index contributed by atoms with van der Waals surface area (Å²) in [6.07, 6.45) is 0.868. The Balaban J connectivity index is 2.22. The topological polar surface area (TPSA) is 50.9 Å². The van der Waals surface area contributed by atoms with Crippen LogP contribution in [-0.2, 0) is 6.42 Å². The molecule has 0 aliphatic carbocycles. The summed E-state index contributed by atoms with van der Waals surface area (Å²) < 4.78 is 0. The van der Waals surface area contributed by atoms with E-state index >= 15 is 0 Å². The van der Waals surface area contributed by atoms with E-state index in [0.29, 0.717) is 0 Å². The number of thiazole rings is 1. The number of benzene rings is 1. The monoisotopic (exact) mass is 261 g/mol. The maximum Gasteiger partial charge on any atom is 0.0898 e. The van der Waals surface area contributed by atoms with Crippen molar-refractivity contribution in [2.75, 3.05) is 0 Å². The minimum atomic E-state index is 0.0791. The van der Waals surface area contributed by atoms with Crippen molar-refractivity contribution in [3.8, 4) is 0 Å². The van der Waals surface area contributed by atoms with Gasteiger partial charge in [0.25, 0.3) is 0 Å². The van der Waals surface area contributed by atoms with Crippen molar-refractivity contribution in [2.24, 2.45) is 5.84 Å². The standard InChI is InChI=1S/C14H19N3S/c1-9-4-5-10(2)12(6-9)7-13(17-15)14-8-18-11(3)16-14/h4-6,8,13,17H,7,15H2,1-3H3. The maximum atomic E-state index is 5.66. The molecule has 2 aromatic rings. The summed E-state index contributed by atoms with van der Waals surface area (Å²) in [5.74, 6) is 5.66. The lowest BCUT2D eigenvalue weighted by atomic mass is 9.98. The van der Waals surface area contributed by atoms with Gasteiger partial charge in [-0.3, -0.25) is 11.3 Å². The summed E-state index contributed by atoms with van der Waals surface area (Å²) in [4.78, 5) is 4.51. The predicted octanol–water partition coefficient (Wildman–Crippen LogP) is 2.82. The molecule has 1 unspecified atom stereocenters. The first kappa shape index (κ1) is 13.2. The second-order valence-corrected chi connectivity index (χ2v) is 5.71. The molecule has 2 rings (SSSR count). The van der Waals surface area contributed by atoms with Crippen LogP contribution in [0, 0.1) is 20.8 Å². The predicted molar refractivity (Wildman–Crippen MR) is 76.5 cm³/mol. The van der Waals surface area contributed by atoms with Crippen molar-refractivity contribution in [3.05, 3.63) is 51.0 Å². The number of hydrogen-bond donors (Lipinski definition) is 2. The zero-order valence-electron chi connectivity index (χ0n) is 11.0. The van der Waals surface area contributed by atoms with Crippen LogP contribution in [0.15, 0.2) is 23.6 Å². The number of hydrogen-bond acceptors (Lipinski definition) is 4. The molecule has 0 aliphatic heterocycles. The molecule has 0 amide bonds. The van der Waals surface area contributed by atoms with Crippen LogP contribution in [0.2, 0.25) is 0 Å². The third-order valence-corrected chi connectivity index (χ3v) is 3.92. The van der Waals surface area contributed by atoms with Crippen molar-refractivity contribution >= 4 is 11.3 Å². The van der Waals surface area contributed by atoms with Crippen LogP contribution in [0.1, 0.15) is 33.4 Å². The van der Waals surface area contributed by atoms with E-state index in [1.54, 1.807) is 11.3 Å². The van der Waals surface area contributed by atoms with Gasteiger partial charge in [0.1, 0.15) is 0 Å². The zero-order valence-corrected chi connectivity index (χ0v) is 11.8. The molecule has 1 aromatic carbocycles. The van der Waals surface area contributed by atoms with Gasteiger partial charge in [0.15, 0.2) is 0 Å². The molecule has 0 radical (unpaired) electrons. The van der Waals surface area contributed by atoms with Gasteiger partial charge >= 0.3 is 0 Å². The lowest BCUT2D eigenvalue weighted by molar-refractivity contribution is 0.539. The maximum absolute atomic E-state index is 5.66. The molecule has 4 heteroatoms. The summed E-state index contributed by atoms with van der Waals surface area (Å²) in [6.45, 7) is 6.26. The molecule has 0 saturated carbocycles. The molecule has 0 aliphatic rings. The van der Waals surface area contributed by atoms with E-state index in [1.165, 1.54) is 16.7 Å². The van der Waals surface area contributed by atoms with Gasteiger partial charge < -0.3 is 0 Å². The molecular weight excluding hydrogens is 242 g/mol. The van der Waals surface area contributed by atoms with E-state index < -0.39 is 0 Å². The quantitative estimate of drug-likeness (QED) is 0.657. The molecule has 3 N–H and O–H groups in total. The number of nitrogens with one attached hydrogen (secondary N) is 1. The molecular formula is C14H19N3S. The Labute approximate surface area is 112 Å². The highest BCUT2D eigenvalue weighted by Crippen LogP contribution is 2.22. The number of aromatic nitrogens is 1. The van der Waals surface area contributed by atoms with Crippen LogP contribution in [0.4, 0.5) is 0 Å². The minimum Gasteiger partial charge on any atom is -0.271 e. The van der Waals surface area contributed by atoms with Crippen LogP contribution >= 0.6 is 11.3 Å². The highest BCUT2D eigenvalue weighted by molar-refractivity contribution is 7.09. The van der Waals surface area contributed by atoms with E-state index in [4.69, 9.17) is 5.84 Å². The number of aryl methyl sites for hydroxylation is 3. The number of nitrogens with two attached hydrogens (primary N) is 1. The van der Waals surface area contributed by atoms with E-state index in [1.807, 2.05) is 6.92 Å². The summed E-state index contributed by atoms with van der Waals surface area (Å²) in [6, 6.07) is 6.59. The van der Waals surface area contributed by atoms with Gasteiger partial charge in [-0.05, 0) is 38.3 Å². The Bertz CT molecular complexity index is 534. The normalized spacial score (nSPS) is 12.7. The summed E-state index contributed by atoms with van der Waals surface area (Å²) in [5.41, 5.74) is 7.80. The van der Waals surface area contributed by atoms with Gasteiger partial charge in [0.05, 0.1) is 16.7 Å². The molecule has 0 bridgehead atoms. The van der Waals surface area contributed by atoms with E-state index in [-0.39, 0.29) is 6.04 Å². The average molecular weight is 261 g/mol. The van der Waals surface area contributed by atoms with Gasteiger partial charge in [0, 0.05) is 5.38 Å². The van der Waals surface area contributed by atoms with Gasteiger partial charge in [-0.2, -0.15) is 0 Å². The first-order valence-corrected chi connectivity index (χ1v) is 6.92. The second kappa shape index (κ2) is 5.61. The molecule has 18 heavy (non-hydrogen) atoms. The fourth-order valence-corrected chi connectivity index (χ4v) is 2.70. The van der Waals surface area contributed by atoms with Gasteiger partial charge in [-0.1, -0.05) is 23.8 Å². The van der Waals surface area contributed by atoms with Crippen LogP contribution in [0.3, 0.4) is 0 Å². The Morgan fingerprint density at radius 2 is 2.11 bits per heavy atom. The molecule has 0 fully saturated rings. The molecule has 1 atom stereocenters. The molecule has 0 spiro atoms. The van der Waals surface area contributed by atoms with Gasteiger partial charge in [0.2, 0.25) is 0 Å². The SMILES string of the molecule is Cc1ccc(C)c(CC(NN)c2csc(C)n2)c1. The van der Waals surface area contributed by atoms with Gasteiger partial charge in [-0.25, -0.2) is 4.98 Å². The molecule has 1 aromatic heterocycles. The van der Waals surface area contributed by atoms with Crippen LogP contribution < -0.4 is 11.3 Å². The first-order valence-electron chi connectivity index (χ1n) is 6.04. The fraction of sp³-hybridized carbons (Fsp3) is 0.357. The van der Waals surface area contributed by atoms with Crippen molar-refractivity contribution in [3.63, 3.8) is 0 Å². The van der Waals surface area contributed by atoms with E-state index in [9.17, 15) is 0 Å². The first-order chi connectivity index (χ1) is 8.60. The third-order valence-electron chi connectivity index (χ3n) is 3.12. The van der Waals surface area contributed by atoms with E-state index in [0.717, 1.165) is 17.1 Å². The smallest absolute Gasteiger partial charge is 0.0898 e. The average Bonchev–Trinajstić information content (AvgIpc) is 2.77. The molecule has 96 valence electrons. The molecule has 0 saturated heterocycles. The summed E-state index contributed by atoms with van der Waals surface area (Å²) in [7, 11) is 0. The minimum absolute atomic E-state index is 0.0791. The lowest BCUT2D eigenvalue weighted by Gasteiger charge is -2.15. The summed E-state index contributed by atoms with van der Waals surface area (Å²) in [5, 5.41) is 3.15. The molecule has 3 nitrogen and oxygen atoms in total.